The number of aromatic nitrogens is 4. The van der Waals surface area contributed by atoms with E-state index < -0.39 is 4.92 Å². The highest BCUT2D eigenvalue weighted by Crippen LogP contribution is 2.18. The molecular weight excluding hydrogens is 292 g/mol. The van der Waals surface area contributed by atoms with Crippen molar-refractivity contribution in [1.82, 2.24) is 19.9 Å². The average molecular weight is 300 g/mol. The lowest BCUT2D eigenvalue weighted by Gasteiger charge is -1.96. The molecule has 3 aromatic rings. The third kappa shape index (κ3) is 2.72. The van der Waals surface area contributed by atoms with E-state index in [1.807, 2.05) is 0 Å². The molecule has 0 spiro atoms. The number of H-pyrrole nitrogens is 1. The van der Waals surface area contributed by atoms with Crippen molar-refractivity contribution in [3.8, 4) is 0 Å². The Morgan fingerprint density at radius 3 is 2.76 bits per heavy atom. The molecule has 0 saturated carbocycles. The summed E-state index contributed by atoms with van der Waals surface area (Å²) in [5, 5.41) is 11.0. The van der Waals surface area contributed by atoms with E-state index in [1.54, 1.807) is 12.1 Å². The van der Waals surface area contributed by atoms with Crippen LogP contribution in [0, 0.1) is 10.1 Å². The summed E-state index contributed by atoms with van der Waals surface area (Å²) in [5.74, 6) is 0.232. The third-order valence-electron chi connectivity index (χ3n) is 2.68. The first-order valence-corrected chi connectivity index (χ1v) is 6.27. The number of thiol groups is 1. The summed E-state index contributed by atoms with van der Waals surface area (Å²) in [6, 6.07) is 6.00. The largest absolute Gasteiger partial charge is 0.329 e. The van der Waals surface area contributed by atoms with Gasteiger partial charge in [-0.15, -0.1) is 12.6 Å². The summed E-state index contributed by atoms with van der Waals surface area (Å²) < 4.78 is 0. The molecule has 3 rings (SSSR count). The number of imidazole rings is 1. The lowest BCUT2D eigenvalue weighted by Crippen LogP contribution is -1.89. The number of hydrogen-bond donors (Lipinski definition) is 2. The summed E-state index contributed by atoms with van der Waals surface area (Å²) in [4.78, 5) is 29.4. The molecule has 8 nitrogen and oxygen atoms in total. The van der Waals surface area contributed by atoms with Crippen LogP contribution in [0.3, 0.4) is 0 Å². The Bertz CT molecular complexity index is 843. The SMILES string of the molecule is O=[N+]([O-])c1ccc(/C=N/c2nc(S)c3nc[nH]c3n2)cc1. The zero-order valence-corrected chi connectivity index (χ0v) is 11.4. The van der Waals surface area contributed by atoms with Crippen molar-refractivity contribution < 1.29 is 4.92 Å². The quantitative estimate of drug-likeness (QED) is 0.253. The Morgan fingerprint density at radius 2 is 2.05 bits per heavy atom. The maximum absolute atomic E-state index is 10.6. The van der Waals surface area contributed by atoms with E-state index in [1.165, 1.54) is 24.7 Å². The van der Waals surface area contributed by atoms with Gasteiger partial charge in [0.2, 0.25) is 0 Å². The number of benzene rings is 1. The Hall–Kier alpha value is -2.81. The van der Waals surface area contributed by atoms with Crippen molar-refractivity contribution in [3.05, 3.63) is 46.3 Å². The molecule has 0 saturated heterocycles. The fourth-order valence-corrected chi connectivity index (χ4v) is 1.93. The van der Waals surface area contributed by atoms with Gasteiger partial charge >= 0.3 is 0 Å². The maximum Gasteiger partial charge on any atom is 0.269 e. The molecule has 0 unspecified atom stereocenters. The number of nitro groups is 1. The highest BCUT2D eigenvalue weighted by atomic mass is 32.1. The maximum atomic E-state index is 10.6. The second-order valence-electron chi connectivity index (χ2n) is 4.05. The van der Waals surface area contributed by atoms with Crippen LogP contribution >= 0.6 is 12.6 Å². The van der Waals surface area contributed by atoms with E-state index in [2.05, 4.69) is 37.6 Å². The second-order valence-corrected chi connectivity index (χ2v) is 4.48. The standard InChI is InChI=1S/C12H8N6O2S/c19-18(20)8-3-1-7(2-4-8)5-13-12-16-10-9(11(21)17-12)14-6-15-10/h1-6H,(H2,14,15,16,17,21)/b13-5+. The molecule has 1 aromatic carbocycles. The number of non-ortho nitro benzene ring substituents is 1. The molecule has 1 N–H and O–H groups in total. The molecular formula is C12H8N6O2S. The summed E-state index contributed by atoms with van der Waals surface area (Å²) >= 11 is 4.22. The number of nitrogens with one attached hydrogen (secondary N) is 1. The first-order valence-electron chi connectivity index (χ1n) is 5.82. The van der Waals surface area contributed by atoms with Gasteiger partial charge in [0, 0.05) is 18.3 Å². The lowest BCUT2D eigenvalue weighted by atomic mass is 10.2. The minimum absolute atomic E-state index is 0.0277. The number of nitrogens with zero attached hydrogens (tertiary/aromatic N) is 5. The van der Waals surface area contributed by atoms with E-state index >= 15 is 0 Å². The molecule has 0 aliphatic heterocycles. The van der Waals surface area contributed by atoms with E-state index in [0.717, 1.165) is 0 Å². The van der Waals surface area contributed by atoms with Crippen molar-refractivity contribution in [2.75, 3.05) is 0 Å². The normalized spacial score (nSPS) is 11.3. The predicted molar refractivity (Wildman–Crippen MR) is 79.3 cm³/mol. The molecule has 2 heterocycles. The molecule has 0 aliphatic carbocycles. The van der Waals surface area contributed by atoms with Crippen LogP contribution in [0.15, 0.2) is 40.6 Å². The number of hydrogen-bond acceptors (Lipinski definition) is 7. The molecule has 2 aromatic heterocycles. The number of aliphatic imine (C=N–C) groups is 1. The van der Waals surface area contributed by atoms with Gasteiger partial charge < -0.3 is 4.98 Å². The van der Waals surface area contributed by atoms with Gasteiger partial charge in [-0.3, -0.25) is 10.1 Å². The summed E-state index contributed by atoms with van der Waals surface area (Å²) in [7, 11) is 0. The molecule has 0 radical (unpaired) electrons. The number of nitro benzene ring substituents is 1. The summed E-state index contributed by atoms with van der Waals surface area (Å²) in [6.45, 7) is 0. The van der Waals surface area contributed by atoms with Crippen molar-refractivity contribution >= 4 is 41.6 Å². The van der Waals surface area contributed by atoms with Crippen LogP contribution in [0.25, 0.3) is 11.2 Å². The minimum atomic E-state index is -0.455. The topological polar surface area (TPSA) is 110 Å². The van der Waals surface area contributed by atoms with Crippen molar-refractivity contribution in [2.45, 2.75) is 5.03 Å². The lowest BCUT2D eigenvalue weighted by molar-refractivity contribution is -0.384. The molecule has 104 valence electrons. The molecule has 0 aliphatic rings. The Balaban J connectivity index is 1.88. The third-order valence-corrected chi connectivity index (χ3v) is 2.99. The monoisotopic (exact) mass is 300 g/mol. The van der Waals surface area contributed by atoms with Crippen LogP contribution in [-0.4, -0.2) is 31.1 Å². The van der Waals surface area contributed by atoms with Gasteiger partial charge in [-0.2, -0.15) is 4.98 Å². The molecule has 9 heteroatoms. The highest BCUT2D eigenvalue weighted by molar-refractivity contribution is 7.80. The first kappa shape index (κ1) is 13.2. The van der Waals surface area contributed by atoms with Crippen LogP contribution in [0.1, 0.15) is 5.56 Å². The Kier molecular flexibility index (Phi) is 3.32. The fraction of sp³-hybridized carbons (Fsp3) is 0. The zero-order chi connectivity index (χ0) is 14.8. The van der Waals surface area contributed by atoms with Crippen molar-refractivity contribution in [2.24, 2.45) is 4.99 Å². The number of rotatable bonds is 3. The molecule has 0 fully saturated rings. The van der Waals surface area contributed by atoms with E-state index in [4.69, 9.17) is 0 Å². The Labute approximate surface area is 123 Å². The van der Waals surface area contributed by atoms with Crippen LogP contribution in [0.5, 0.6) is 0 Å². The van der Waals surface area contributed by atoms with Gasteiger partial charge in [-0.1, -0.05) is 0 Å². The van der Waals surface area contributed by atoms with Crippen molar-refractivity contribution in [1.29, 1.82) is 0 Å². The van der Waals surface area contributed by atoms with E-state index in [0.29, 0.717) is 21.8 Å². The average Bonchev–Trinajstić information content (AvgIpc) is 2.94. The smallest absolute Gasteiger partial charge is 0.269 e. The van der Waals surface area contributed by atoms with Crippen molar-refractivity contribution in [3.63, 3.8) is 0 Å². The van der Waals surface area contributed by atoms with Crippen LogP contribution in [-0.2, 0) is 0 Å². The van der Waals surface area contributed by atoms with Gasteiger partial charge in [0.05, 0.1) is 11.3 Å². The van der Waals surface area contributed by atoms with Gasteiger partial charge in [0.1, 0.15) is 10.5 Å². The van der Waals surface area contributed by atoms with Crippen LogP contribution in [0.4, 0.5) is 11.6 Å². The van der Waals surface area contributed by atoms with Gasteiger partial charge in [-0.05, 0) is 17.7 Å². The highest BCUT2D eigenvalue weighted by Gasteiger charge is 2.06. The zero-order valence-electron chi connectivity index (χ0n) is 10.5. The molecule has 0 amide bonds. The number of aromatic amines is 1. The molecule has 0 atom stereocenters. The van der Waals surface area contributed by atoms with Crippen LogP contribution in [0.2, 0.25) is 0 Å². The van der Waals surface area contributed by atoms with Crippen LogP contribution < -0.4 is 0 Å². The molecule has 0 bridgehead atoms. The van der Waals surface area contributed by atoms with E-state index in [-0.39, 0.29) is 11.6 Å². The van der Waals surface area contributed by atoms with E-state index in [9.17, 15) is 10.1 Å². The predicted octanol–water partition coefficient (Wildman–Crippen LogP) is 2.30. The summed E-state index contributed by atoms with van der Waals surface area (Å²) in [6.07, 6.45) is 3.03. The second kappa shape index (κ2) is 5.29. The van der Waals surface area contributed by atoms with Gasteiger partial charge in [-0.25, -0.2) is 15.0 Å². The Morgan fingerprint density at radius 1 is 1.29 bits per heavy atom. The first-order chi connectivity index (χ1) is 10.1. The fourth-order valence-electron chi connectivity index (χ4n) is 1.68. The van der Waals surface area contributed by atoms with Gasteiger partial charge in [0.15, 0.2) is 5.65 Å². The number of fused-ring (bicyclic) bond motifs is 1. The minimum Gasteiger partial charge on any atom is -0.329 e. The molecule has 21 heavy (non-hydrogen) atoms. The van der Waals surface area contributed by atoms with Gasteiger partial charge in [0.25, 0.3) is 11.6 Å². The summed E-state index contributed by atoms with van der Waals surface area (Å²) in [5.41, 5.74) is 1.85.